The van der Waals surface area contributed by atoms with Crippen LogP contribution in [0.25, 0.3) is 5.76 Å². The van der Waals surface area contributed by atoms with Gasteiger partial charge in [-0.15, -0.1) is 0 Å². The average Bonchev–Trinajstić information content (AvgIpc) is 2.85. The summed E-state index contributed by atoms with van der Waals surface area (Å²) in [5.41, 5.74) is 3.46. The van der Waals surface area contributed by atoms with Crippen LogP contribution in [0.5, 0.6) is 5.75 Å². The summed E-state index contributed by atoms with van der Waals surface area (Å²) in [7, 11) is 8.53. The molecule has 4 rings (SSSR count). The number of aliphatic hydroxyl groups excluding tert-OH is 2. The zero-order valence-corrected chi connectivity index (χ0v) is 23.2. The lowest BCUT2D eigenvalue weighted by Crippen LogP contribution is -2.65. The third-order valence-electron chi connectivity index (χ3n) is 8.30. The van der Waals surface area contributed by atoms with E-state index >= 15 is 0 Å². The third kappa shape index (κ3) is 4.21. The predicted octanol–water partition coefficient (Wildman–Crippen LogP) is 0.375. The molecule has 0 heterocycles. The van der Waals surface area contributed by atoms with Crippen LogP contribution < -0.4 is 10.6 Å². The molecule has 1 aromatic carbocycles. The van der Waals surface area contributed by atoms with Crippen molar-refractivity contribution in [2.24, 2.45) is 17.6 Å². The van der Waals surface area contributed by atoms with Gasteiger partial charge in [0.05, 0.1) is 17.7 Å². The Bertz CT molecular complexity index is 1410. The Labute approximate surface area is 232 Å². The number of Topliss-reactive ketones (excluding diaryl/α,β-unsaturated/α-hetero) is 2. The fraction of sp³-hybridized carbons (Fsp3) is 0.500. The Morgan fingerprint density at radius 2 is 1.82 bits per heavy atom. The number of hydrogen-bond acceptors (Lipinski definition) is 11. The molecule has 0 unspecified atom stereocenters. The van der Waals surface area contributed by atoms with Gasteiger partial charge < -0.3 is 36.0 Å². The minimum absolute atomic E-state index is 0.0258. The summed E-state index contributed by atoms with van der Waals surface area (Å²) in [4.78, 5) is 44.5. The lowest BCUT2D eigenvalue weighted by atomic mass is 9.57. The van der Waals surface area contributed by atoms with Crippen molar-refractivity contribution >= 4 is 28.9 Å². The number of ketones is 2. The Morgan fingerprint density at radius 3 is 2.38 bits per heavy atom. The van der Waals surface area contributed by atoms with Crippen molar-refractivity contribution < 1.29 is 34.8 Å². The Hall–Kier alpha value is -3.92. The number of aliphatic hydroxyl groups is 3. The molecular weight excluding hydrogens is 518 g/mol. The largest absolute Gasteiger partial charge is 0.508 e. The first-order valence-corrected chi connectivity index (χ1v) is 12.9. The first-order chi connectivity index (χ1) is 18.7. The lowest BCUT2D eigenvalue weighted by Gasteiger charge is -2.50. The van der Waals surface area contributed by atoms with Crippen molar-refractivity contribution in [3.05, 3.63) is 39.7 Å². The number of carbonyl (C=O) groups is 3. The highest BCUT2D eigenvalue weighted by Crippen LogP contribution is 2.54. The SMILES string of the molecule is CN(CCC#N)Cc1cc(N(C)C)c2c(c1O)C(O)=C1C(=O)[C@]3(O)C(O)=C(C(N)=O)C(=O)[C@@H](N(C)C)[C@@H]3C[C@@H]1C2. The number of hydrogen-bond donors (Lipinski definition) is 5. The average molecular weight is 554 g/mol. The van der Waals surface area contributed by atoms with Gasteiger partial charge in [0.15, 0.2) is 11.4 Å². The van der Waals surface area contributed by atoms with Gasteiger partial charge in [0.2, 0.25) is 5.78 Å². The van der Waals surface area contributed by atoms with Crippen LogP contribution in [0, 0.1) is 23.2 Å². The number of carbonyl (C=O) groups excluding carboxylic acids is 3. The number of nitrogens with two attached hydrogens (primary N) is 1. The summed E-state index contributed by atoms with van der Waals surface area (Å²) in [6.07, 6.45) is 0.521. The molecule has 214 valence electrons. The van der Waals surface area contributed by atoms with Crippen molar-refractivity contribution in [2.75, 3.05) is 46.7 Å². The van der Waals surface area contributed by atoms with Crippen LogP contribution in [0.3, 0.4) is 0 Å². The number of aromatic hydroxyl groups is 1. The molecule has 6 N–H and O–H groups in total. The smallest absolute Gasteiger partial charge is 0.255 e. The maximum absolute atomic E-state index is 14.0. The van der Waals surface area contributed by atoms with Crippen LogP contribution in [0.2, 0.25) is 0 Å². The second kappa shape index (κ2) is 10.2. The number of nitrogens with zero attached hydrogens (tertiary/aromatic N) is 4. The Balaban J connectivity index is 1.94. The molecule has 1 saturated carbocycles. The predicted molar refractivity (Wildman–Crippen MR) is 145 cm³/mol. The maximum atomic E-state index is 14.0. The number of primary amides is 1. The van der Waals surface area contributed by atoms with Gasteiger partial charge in [-0.2, -0.15) is 5.26 Å². The maximum Gasteiger partial charge on any atom is 0.255 e. The number of rotatable bonds is 7. The highest BCUT2D eigenvalue weighted by atomic mass is 16.3. The van der Waals surface area contributed by atoms with E-state index in [0.717, 1.165) is 0 Å². The first-order valence-electron chi connectivity index (χ1n) is 12.9. The van der Waals surface area contributed by atoms with Gasteiger partial charge in [-0.3, -0.25) is 19.3 Å². The second-order valence-corrected chi connectivity index (χ2v) is 11.3. The zero-order chi connectivity index (χ0) is 29.8. The normalized spacial score (nSPS) is 26.0. The van der Waals surface area contributed by atoms with Crippen molar-refractivity contribution in [3.63, 3.8) is 0 Å². The molecule has 0 aromatic heterocycles. The number of nitriles is 1. The van der Waals surface area contributed by atoms with Crippen LogP contribution in [0.4, 0.5) is 5.69 Å². The number of anilines is 1. The molecule has 0 radical (unpaired) electrons. The summed E-state index contributed by atoms with van der Waals surface area (Å²) in [5.74, 6) is -6.77. The van der Waals surface area contributed by atoms with Crippen LogP contribution >= 0.6 is 0 Å². The molecule has 3 aliphatic carbocycles. The molecular formula is C28H35N5O7. The van der Waals surface area contributed by atoms with Gasteiger partial charge in [0.1, 0.15) is 22.8 Å². The third-order valence-corrected chi connectivity index (χ3v) is 8.30. The van der Waals surface area contributed by atoms with E-state index in [-0.39, 0.29) is 42.7 Å². The van der Waals surface area contributed by atoms with Gasteiger partial charge >= 0.3 is 0 Å². The van der Waals surface area contributed by atoms with E-state index in [1.54, 1.807) is 27.2 Å². The van der Waals surface area contributed by atoms with E-state index in [1.165, 1.54) is 4.90 Å². The quantitative estimate of drug-likeness (QED) is 0.293. The molecule has 1 fully saturated rings. The number of amides is 1. The Morgan fingerprint density at radius 1 is 1.18 bits per heavy atom. The highest BCUT2D eigenvalue weighted by Gasteiger charge is 2.64. The van der Waals surface area contributed by atoms with Crippen molar-refractivity contribution in [3.8, 4) is 11.8 Å². The van der Waals surface area contributed by atoms with Crippen LogP contribution in [0.1, 0.15) is 29.5 Å². The van der Waals surface area contributed by atoms with E-state index in [9.17, 15) is 34.8 Å². The van der Waals surface area contributed by atoms with Gasteiger partial charge in [0, 0.05) is 56.3 Å². The van der Waals surface area contributed by atoms with Crippen LogP contribution in [-0.4, -0.2) is 101 Å². The monoisotopic (exact) mass is 553 g/mol. The molecule has 3 aliphatic rings. The summed E-state index contributed by atoms with van der Waals surface area (Å²) < 4.78 is 0. The molecule has 0 bridgehead atoms. The van der Waals surface area contributed by atoms with E-state index < -0.39 is 58.0 Å². The molecule has 1 amide bonds. The standard InChI is InChI=1S/C28H35N5O7/c1-31(2)17-11-14(12-33(5)8-6-7-29)22(34)19-15(17)9-13-10-16-21(32(3)4)24(36)20(27(30)39)26(38)28(16,40)25(37)18(13)23(19)35/h11,13,16,21,34-35,38,40H,6,8-10,12H2,1-5H3,(H2,30,39)/t13-,16-,21-,28-/m0/s1. The van der Waals surface area contributed by atoms with Gasteiger partial charge in [-0.25, -0.2) is 0 Å². The van der Waals surface area contributed by atoms with Crippen LogP contribution in [0.15, 0.2) is 23.0 Å². The first kappa shape index (κ1) is 29.1. The molecule has 12 heteroatoms. The molecule has 0 spiro atoms. The van der Waals surface area contributed by atoms with Crippen molar-refractivity contribution in [2.45, 2.75) is 37.5 Å². The summed E-state index contributed by atoms with van der Waals surface area (Å²) in [5, 5.41) is 54.5. The molecule has 12 nitrogen and oxygen atoms in total. The number of phenols is 1. The van der Waals surface area contributed by atoms with E-state index in [4.69, 9.17) is 11.0 Å². The summed E-state index contributed by atoms with van der Waals surface area (Å²) in [6, 6.07) is 2.74. The van der Waals surface area contributed by atoms with E-state index in [2.05, 4.69) is 6.07 Å². The van der Waals surface area contributed by atoms with E-state index in [1.807, 2.05) is 23.9 Å². The zero-order valence-electron chi connectivity index (χ0n) is 23.2. The van der Waals surface area contributed by atoms with Crippen molar-refractivity contribution in [1.29, 1.82) is 5.26 Å². The minimum Gasteiger partial charge on any atom is -0.508 e. The highest BCUT2D eigenvalue weighted by molar-refractivity contribution is 6.24. The fourth-order valence-electron chi connectivity index (χ4n) is 6.48. The molecule has 1 aromatic rings. The molecule has 0 aliphatic heterocycles. The number of phenolic OH excluding ortho intramolecular Hbond substituents is 1. The number of likely N-dealkylation sites (N-methyl/N-ethyl adjacent to an activating group) is 1. The van der Waals surface area contributed by atoms with Gasteiger partial charge in [-0.05, 0) is 51.5 Å². The lowest BCUT2D eigenvalue weighted by molar-refractivity contribution is -0.153. The summed E-state index contributed by atoms with van der Waals surface area (Å²) >= 11 is 0. The molecule has 4 atom stereocenters. The van der Waals surface area contributed by atoms with Gasteiger partial charge in [0.25, 0.3) is 5.91 Å². The van der Waals surface area contributed by atoms with Crippen LogP contribution in [-0.2, 0) is 27.3 Å². The summed E-state index contributed by atoms with van der Waals surface area (Å²) in [6.45, 7) is 0.706. The van der Waals surface area contributed by atoms with Gasteiger partial charge in [-0.1, -0.05) is 0 Å². The Kier molecular flexibility index (Phi) is 7.44. The second-order valence-electron chi connectivity index (χ2n) is 11.3. The topological polar surface area (TPSA) is 192 Å². The molecule has 0 saturated heterocycles. The molecule has 40 heavy (non-hydrogen) atoms. The van der Waals surface area contributed by atoms with Crippen molar-refractivity contribution in [1.82, 2.24) is 9.80 Å². The number of benzene rings is 1. The van der Waals surface area contributed by atoms with E-state index in [0.29, 0.717) is 23.4 Å². The fourth-order valence-corrected chi connectivity index (χ4v) is 6.48. The number of fused-ring (bicyclic) bond motifs is 3. The minimum atomic E-state index is -2.68.